The van der Waals surface area contributed by atoms with E-state index in [1.807, 2.05) is 48.5 Å². The Labute approximate surface area is 112 Å². The summed E-state index contributed by atoms with van der Waals surface area (Å²) in [7, 11) is 0. The minimum atomic E-state index is -0.314. The first-order valence-electron chi connectivity index (χ1n) is 6.30. The average molecular weight is 245 g/mol. The van der Waals surface area contributed by atoms with Crippen molar-refractivity contribution in [3.63, 3.8) is 0 Å². The van der Waals surface area contributed by atoms with Crippen LogP contribution in [0.5, 0.6) is 0 Å². The molecule has 0 aliphatic heterocycles. The van der Waals surface area contributed by atoms with Crippen molar-refractivity contribution in [1.29, 1.82) is 0 Å². The lowest BCUT2D eigenvalue weighted by atomic mass is 9.91. The molecule has 19 heavy (non-hydrogen) atoms. The number of carbonyl (C=O) groups excluding carboxylic acids is 1. The zero-order valence-corrected chi connectivity index (χ0v) is 10.4. The van der Waals surface area contributed by atoms with Crippen LogP contribution in [0.2, 0.25) is 0 Å². The Morgan fingerprint density at radius 2 is 1.37 bits per heavy atom. The average Bonchev–Trinajstić information content (AvgIpc) is 2.49. The van der Waals surface area contributed by atoms with Gasteiger partial charge in [0.15, 0.2) is 0 Å². The zero-order chi connectivity index (χ0) is 13.1. The first kappa shape index (κ1) is 11.7. The van der Waals surface area contributed by atoms with Gasteiger partial charge in [-0.25, -0.2) is 0 Å². The highest BCUT2D eigenvalue weighted by Crippen LogP contribution is 2.25. The van der Waals surface area contributed by atoms with Crippen molar-refractivity contribution < 1.29 is 4.79 Å². The summed E-state index contributed by atoms with van der Waals surface area (Å²) in [6.45, 7) is 0. The second-order valence-corrected chi connectivity index (χ2v) is 4.57. The molecule has 0 saturated carbocycles. The van der Waals surface area contributed by atoms with Crippen LogP contribution in [-0.2, 0) is 4.79 Å². The van der Waals surface area contributed by atoms with Gasteiger partial charge in [0.1, 0.15) is 0 Å². The number of hydrogen-bond acceptors (Lipinski definition) is 1. The number of fused-ring (bicyclic) bond motifs is 1. The van der Waals surface area contributed by atoms with E-state index in [2.05, 4.69) is 30.6 Å². The summed E-state index contributed by atoms with van der Waals surface area (Å²) in [6, 6.07) is 24.0. The highest BCUT2D eigenvalue weighted by atomic mass is 16.1. The molecular formula is C18H13O. The van der Waals surface area contributed by atoms with Crippen LogP contribution in [0.15, 0.2) is 72.8 Å². The summed E-state index contributed by atoms with van der Waals surface area (Å²) >= 11 is 0. The van der Waals surface area contributed by atoms with Crippen LogP contribution in [0.3, 0.4) is 0 Å². The summed E-state index contributed by atoms with van der Waals surface area (Å²) in [5, 5.41) is 2.33. The monoisotopic (exact) mass is 245 g/mol. The third-order valence-electron chi connectivity index (χ3n) is 3.36. The molecule has 0 saturated heterocycles. The molecule has 0 heterocycles. The summed E-state index contributed by atoms with van der Waals surface area (Å²) in [5.74, 6) is -0.314. The quantitative estimate of drug-likeness (QED) is 0.679. The normalized spacial score (nSPS) is 12.2. The van der Waals surface area contributed by atoms with Crippen molar-refractivity contribution in [2.75, 3.05) is 0 Å². The maximum atomic E-state index is 11.3. The van der Waals surface area contributed by atoms with Crippen molar-refractivity contribution in [2.45, 2.75) is 5.92 Å². The van der Waals surface area contributed by atoms with E-state index in [9.17, 15) is 4.79 Å². The summed E-state index contributed by atoms with van der Waals surface area (Å²) in [4.78, 5) is 11.3. The van der Waals surface area contributed by atoms with Gasteiger partial charge in [-0.3, -0.25) is 4.79 Å². The lowest BCUT2D eigenvalue weighted by Crippen LogP contribution is -2.01. The van der Waals surface area contributed by atoms with Crippen molar-refractivity contribution in [3.8, 4) is 0 Å². The molecule has 3 aromatic rings. The molecule has 0 bridgehead atoms. The van der Waals surface area contributed by atoms with Crippen LogP contribution < -0.4 is 0 Å². The smallest absolute Gasteiger partial charge is 0.211 e. The van der Waals surface area contributed by atoms with Crippen LogP contribution in [-0.4, -0.2) is 6.29 Å². The van der Waals surface area contributed by atoms with Gasteiger partial charge < -0.3 is 0 Å². The second-order valence-electron chi connectivity index (χ2n) is 4.57. The maximum Gasteiger partial charge on any atom is 0.211 e. The lowest BCUT2D eigenvalue weighted by Gasteiger charge is -2.11. The van der Waals surface area contributed by atoms with E-state index in [0.29, 0.717) is 0 Å². The Kier molecular flexibility index (Phi) is 3.11. The molecule has 1 atom stereocenters. The Balaban J connectivity index is 2.09. The summed E-state index contributed by atoms with van der Waals surface area (Å²) in [5.41, 5.74) is 1.97. The molecule has 91 valence electrons. The predicted octanol–water partition coefficient (Wildman–Crippen LogP) is 4.08. The molecule has 0 aromatic heterocycles. The molecule has 1 radical (unpaired) electrons. The van der Waals surface area contributed by atoms with Crippen molar-refractivity contribution in [2.24, 2.45) is 0 Å². The van der Waals surface area contributed by atoms with Gasteiger partial charge >= 0.3 is 0 Å². The lowest BCUT2D eigenvalue weighted by molar-refractivity contribution is 0.549. The van der Waals surface area contributed by atoms with Crippen molar-refractivity contribution in [3.05, 3.63) is 83.9 Å². The van der Waals surface area contributed by atoms with Gasteiger partial charge in [-0.15, -0.1) is 0 Å². The van der Waals surface area contributed by atoms with Gasteiger partial charge in [0.2, 0.25) is 6.29 Å². The van der Waals surface area contributed by atoms with Crippen LogP contribution >= 0.6 is 0 Å². The Hall–Kier alpha value is -2.41. The fraction of sp³-hybridized carbons (Fsp3) is 0.0556. The summed E-state index contributed by atoms with van der Waals surface area (Å²) < 4.78 is 0. The van der Waals surface area contributed by atoms with E-state index in [1.165, 1.54) is 5.39 Å². The van der Waals surface area contributed by atoms with E-state index in [4.69, 9.17) is 0 Å². The third kappa shape index (κ3) is 2.27. The first-order chi connectivity index (χ1) is 9.38. The third-order valence-corrected chi connectivity index (χ3v) is 3.36. The zero-order valence-electron chi connectivity index (χ0n) is 10.4. The van der Waals surface area contributed by atoms with E-state index >= 15 is 0 Å². The van der Waals surface area contributed by atoms with E-state index in [1.54, 1.807) is 0 Å². The molecule has 0 amide bonds. The molecule has 0 N–H and O–H groups in total. The molecule has 1 heteroatoms. The molecule has 1 nitrogen and oxygen atoms in total. The SMILES string of the molecule is O=[C]C(c1ccccc1)c1ccc2ccccc2c1. The van der Waals surface area contributed by atoms with Gasteiger partial charge in [-0.1, -0.05) is 72.8 Å². The fourth-order valence-corrected chi connectivity index (χ4v) is 2.36. The van der Waals surface area contributed by atoms with Gasteiger partial charge in [0.25, 0.3) is 0 Å². The minimum Gasteiger partial charge on any atom is -0.290 e. The Bertz CT molecular complexity index is 701. The number of hydrogen-bond donors (Lipinski definition) is 0. The van der Waals surface area contributed by atoms with Gasteiger partial charge in [0, 0.05) is 0 Å². The highest BCUT2D eigenvalue weighted by molar-refractivity contribution is 5.84. The van der Waals surface area contributed by atoms with E-state index in [0.717, 1.165) is 16.5 Å². The largest absolute Gasteiger partial charge is 0.290 e. The molecule has 3 aromatic carbocycles. The maximum absolute atomic E-state index is 11.3. The minimum absolute atomic E-state index is 0.314. The molecule has 1 unspecified atom stereocenters. The van der Waals surface area contributed by atoms with E-state index < -0.39 is 0 Å². The van der Waals surface area contributed by atoms with Crippen LogP contribution in [0, 0.1) is 0 Å². The predicted molar refractivity (Wildman–Crippen MR) is 77.9 cm³/mol. The van der Waals surface area contributed by atoms with Crippen molar-refractivity contribution in [1.82, 2.24) is 0 Å². The number of benzene rings is 3. The number of rotatable bonds is 3. The molecule has 0 spiro atoms. The highest BCUT2D eigenvalue weighted by Gasteiger charge is 2.13. The molecule has 0 aliphatic carbocycles. The molecule has 3 rings (SSSR count). The second kappa shape index (κ2) is 5.07. The molecule has 0 aliphatic rings. The van der Waals surface area contributed by atoms with Gasteiger partial charge in [0.05, 0.1) is 5.92 Å². The first-order valence-corrected chi connectivity index (χ1v) is 6.30. The fourth-order valence-electron chi connectivity index (χ4n) is 2.36. The van der Waals surface area contributed by atoms with Gasteiger partial charge in [-0.05, 0) is 21.9 Å². The molecular weight excluding hydrogens is 232 g/mol. The van der Waals surface area contributed by atoms with Crippen LogP contribution in [0.25, 0.3) is 10.8 Å². The van der Waals surface area contributed by atoms with Crippen LogP contribution in [0.1, 0.15) is 17.0 Å². The standard InChI is InChI=1S/C18H13O/c19-13-18(15-7-2-1-3-8-15)17-11-10-14-6-4-5-9-16(14)12-17/h1-12,18H. The Morgan fingerprint density at radius 1 is 0.684 bits per heavy atom. The van der Waals surface area contributed by atoms with Crippen molar-refractivity contribution >= 4 is 17.1 Å². The Morgan fingerprint density at radius 3 is 2.11 bits per heavy atom. The van der Waals surface area contributed by atoms with Crippen LogP contribution in [0.4, 0.5) is 0 Å². The summed E-state index contributed by atoms with van der Waals surface area (Å²) in [6.07, 6.45) is 2.15. The molecule has 0 fully saturated rings. The van der Waals surface area contributed by atoms with E-state index in [-0.39, 0.29) is 5.92 Å². The topological polar surface area (TPSA) is 17.1 Å². The van der Waals surface area contributed by atoms with Gasteiger partial charge in [-0.2, -0.15) is 0 Å².